The molecule has 1 aromatic carbocycles. The maximum Gasteiger partial charge on any atom is 0.289 e. The Morgan fingerprint density at radius 3 is 2.46 bits per heavy atom. The lowest BCUT2D eigenvalue weighted by Crippen LogP contribution is -2.52. The molecule has 2 saturated heterocycles. The summed E-state index contributed by atoms with van der Waals surface area (Å²) < 4.78 is 5.16. The van der Waals surface area contributed by atoms with E-state index in [4.69, 9.17) is 4.42 Å². The van der Waals surface area contributed by atoms with Crippen LogP contribution in [-0.4, -0.2) is 60.2 Å². The van der Waals surface area contributed by atoms with E-state index in [0.29, 0.717) is 38.5 Å². The number of aryl methyl sites for hydroxylation is 1. The van der Waals surface area contributed by atoms with E-state index in [0.717, 1.165) is 11.3 Å². The third-order valence-corrected chi connectivity index (χ3v) is 5.40. The lowest BCUT2D eigenvalue weighted by atomic mass is 10.1. The van der Waals surface area contributed by atoms with Crippen LogP contribution >= 0.6 is 0 Å². The van der Waals surface area contributed by atoms with Gasteiger partial charge in [-0.2, -0.15) is 0 Å². The summed E-state index contributed by atoms with van der Waals surface area (Å²) in [6.07, 6.45) is 1.71. The highest BCUT2D eigenvalue weighted by Crippen LogP contribution is 2.27. The summed E-state index contributed by atoms with van der Waals surface area (Å²) in [4.78, 5) is 42.9. The quantitative estimate of drug-likeness (QED) is 0.814. The molecular weight excluding hydrogens is 358 g/mol. The predicted molar refractivity (Wildman–Crippen MR) is 103 cm³/mol. The summed E-state index contributed by atoms with van der Waals surface area (Å²) in [6, 6.07) is 11.1. The summed E-state index contributed by atoms with van der Waals surface area (Å²) >= 11 is 0. The summed E-state index contributed by atoms with van der Waals surface area (Å²) in [5.74, 6) is -0.196. The number of hydrogen-bond acceptors (Lipinski definition) is 4. The summed E-state index contributed by atoms with van der Waals surface area (Å²) in [5.41, 5.74) is 1.92. The number of nitrogens with zero attached hydrogens (tertiary/aromatic N) is 3. The first-order valence-electron chi connectivity index (χ1n) is 9.51. The van der Waals surface area contributed by atoms with Crippen LogP contribution in [0.5, 0.6) is 0 Å². The molecular formula is C21H23N3O4. The largest absolute Gasteiger partial charge is 0.459 e. The van der Waals surface area contributed by atoms with Crippen molar-refractivity contribution < 1.29 is 18.8 Å². The van der Waals surface area contributed by atoms with Gasteiger partial charge < -0.3 is 19.1 Å². The van der Waals surface area contributed by atoms with Gasteiger partial charge in [-0.15, -0.1) is 0 Å². The molecule has 0 saturated carbocycles. The van der Waals surface area contributed by atoms with Gasteiger partial charge in [-0.1, -0.05) is 12.1 Å². The Kier molecular flexibility index (Phi) is 4.90. The molecule has 28 heavy (non-hydrogen) atoms. The SMILES string of the molecule is Cc1cccc(N2CC(C(=O)N3CCN(C(=O)c4ccco4)CC3)CC2=O)c1. The zero-order valence-electron chi connectivity index (χ0n) is 15.8. The van der Waals surface area contributed by atoms with Crippen LogP contribution in [-0.2, 0) is 9.59 Å². The van der Waals surface area contributed by atoms with Crippen LogP contribution in [0.1, 0.15) is 22.5 Å². The maximum absolute atomic E-state index is 12.9. The van der Waals surface area contributed by atoms with Gasteiger partial charge in [-0.3, -0.25) is 14.4 Å². The van der Waals surface area contributed by atoms with Gasteiger partial charge in [0, 0.05) is 44.8 Å². The molecule has 4 rings (SSSR count). The van der Waals surface area contributed by atoms with E-state index in [9.17, 15) is 14.4 Å². The Bertz CT molecular complexity index is 885. The molecule has 0 N–H and O–H groups in total. The molecule has 1 unspecified atom stereocenters. The third-order valence-electron chi connectivity index (χ3n) is 5.40. The smallest absolute Gasteiger partial charge is 0.289 e. The second kappa shape index (κ2) is 7.50. The molecule has 2 aliphatic rings. The van der Waals surface area contributed by atoms with E-state index < -0.39 is 0 Å². The standard InChI is InChI=1S/C21H23N3O4/c1-15-4-2-5-17(12-15)24-14-16(13-19(24)25)20(26)22-7-9-23(10-8-22)21(27)18-6-3-11-28-18/h2-6,11-12,16H,7-10,13-14H2,1H3. The first-order valence-corrected chi connectivity index (χ1v) is 9.51. The van der Waals surface area contributed by atoms with Gasteiger partial charge in [0.25, 0.3) is 5.91 Å². The van der Waals surface area contributed by atoms with E-state index in [1.54, 1.807) is 26.8 Å². The van der Waals surface area contributed by atoms with Crippen molar-refractivity contribution in [2.24, 2.45) is 5.92 Å². The van der Waals surface area contributed by atoms with Gasteiger partial charge >= 0.3 is 0 Å². The Hall–Kier alpha value is -3.09. The number of carbonyl (C=O) groups is 3. The molecule has 1 aromatic heterocycles. The van der Waals surface area contributed by atoms with Crippen LogP contribution in [0, 0.1) is 12.8 Å². The first kappa shape index (κ1) is 18.3. The van der Waals surface area contributed by atoms with E-state index >= 15 is 0 Å². The molecule has 3 heterocycles. The molecule has 7 heteroatoms. The molecule has 0 bridgehead atoms. The molecule has 3 amide bonds. The number of hydrogen-bond donors (Lipinski definition) is 0. The highest BCUT2D eigenvalue weighted by atomic mass is 16.3. The average molecular weight is 381 g/mol. The lowest BCUT2D eigenvalue weighted by Gasteiger charge is -2.35. The van der Waals surface area contributed by atoms with Crippen LogP contribution in [0.2, 0.25) is 0 Å². The highest BCUT2D eigenvalue weighted by Gasteiger charge is 2.38. The molecule has 1 atom stereocenters. The average Bonchev–Trinajstić information content (AvgIpc) is 3.37. The molecule has 0 spiro atoms. The fourth-order valence-corrected chi connectivity index (χ4v) is 3.86. The second-order valence-corrected chi connectivity index (χ2v) is 7.34. The van der Waals surface area contributed by atoms with Crippen molar-refractivity contribution in [2.45, 2.75) is 13.3 Å². The fourth-order valence-electron chi connectivity index (χ4n) is 3.86. The van der Waals surface area contributed by atoms with Crippen molar-refractivity contribution in [3.05, 3.63) is 54.0 Å². The van der Waals surface area contributed by atoms with Crippen LogP contribution < -0.4 is 4.90 Å². The van der Waals surface area contributed by atoms with Crippen LogP contribution in [0.3, 0.4) is 0 Å². The van der Waals surface area contributed by atoms with E-state index in [2.05, 4.69) is 0 Å². The third kappa shape index (κ3) is 3.52. The molecule has 2 aromatic rings. The van der Waals surface area contributed by atoms with Gasteiger partial charge in [0.05, 0.1) is 12.2 Å². The minimum Gasteiger partial charge on any atom is -0.459 e. The summed E-state index contributed by atoms with van der Waals surface area (Å²) in [7, 11) is 0. The normalized spacial score (nSPS) is 20.0. The minimum atomic E-state index is -0.333. The predicted octanol–water partition coefficient (Wildman–Crippen LogP) is 1.93. The monoisotopic (exact) mass is 381 g/mol. The van der Waals surface area contributed by atoms with E-state index in [-0.39, 0.29) is 30.1 Å². The zero-order chi connectivity index (χ0) is 19.7. The number of benzene rings is 1. The summed E-state index contributed by atoms with van der Waals surface area (Å²) in [5, 5.41) is 0. The molecule has 7 nitrogen and oxygen atoms in total. The minimum absolute atomic E-state index is 0.00593. The number of piperazine rings is 1. The maximum atomic E-state index is 12.9. The second-order valence-electron chi connectivity index (χ2n) is 7.34. The van der Waals surface area contributed by atoms with E-state index in [1.165, 1.54) is 6.26 Å². The number of carbonyl (C=O) groups excluding carboxylic acids is 3. The van der Waals surface area contributed by atoms with Crippen LogP contribution in [0.15, 0.2) is 47.1 Å². The molecule has 2 aliphatic heterocycles. The number of rotatable bonds is 3. The van der Waals surface area contributed by atoms with Gasteiger partial charge in [-0.25, -0.2) is 0 Å². The summed E-state index contributed by atoms with van der Waals surface area (Å²) in [6.45, 7) is 4.27. The van der Waals surface area contributed by atoms with E-state index in [1.807, 2.05) is 31.2 Å². The van der Waals surface area contributed by atoms with Crippen molar-refractivity contribution in [2.75, 3.05) is 37.6 Å². The lowest BCUT2D eigenvalue weighted by molar-refractivity contribution is -0.137. The first-order chi connectivity index (χ1) is 13.5. The molecule has 2 fully saturated rings. The van der Waals surface area contributed by atoms with Crippen molar-refractivity contribution in [3.63, 3.8) is 0 Å². The van der Waals surface area contributed by atoms with Crippen molar-refractivity contribution in [1.82, 2.24) is 9.80 Å². The Morgan fingerprint density at radius 1 is 1.04 bits per heavy atom. The Balaban J connectivity index is 1.35. The van der Waals surface area contributed by atoms with Crippen LogP contribution in [0.25, 0.3) is 0 Å². The zero-order valence-corrected chi connectivity index (χ0v) is 15.8. The van der Waals surface area contributed by atoms with Crippen molar-refractivity contribution in [1.29, 1.82) is 0 Å². The van der Waals surface area contributed by atoms with Gasteiger partial charge in [0.2, 0.25) is 11.8 Å². The number of furan rings is 1. The molecule has 0 radical (unpaired) electrons. The molecule has 0 aliphatic carbocycles. The van der Waals surface area contributed by atoms with Gasteiger partial charge in [-0.05, 0) is 36.8 Å². The van der Waals surface area contributed by atoms with Gasteiger partial charge in [0.1, 0.15) is 0 Å². The molecule has 146 valence electrons. The van der Waals surface area contributed by atoms with Crippen molar-refractivity contribution >= 4 is 23.4 Å². The van der Waals surface area contributed by atoms with Gasteiger partial charge in [0.15, 0.2) is 5.76 Å². The topological polar surface area (TPSA) is 74.1 Å². The Morgan fingerprint density at radius 2 is 1.79 bits per heavy atom. The highest BCUT2D eigenvalue weighted by molar-refractivity contribution is 6.00. The number of anilines is 1. The van der Waals surface area contributed by atoms with Crippen LogP contribution in [0.4, 0.5) is 5.69 Å². The Labute approximate surface area is 163 Å². The van der Waals surface area contributed by atoms with Crippen molar-refractivity contribution in [3.8, 4) is 0 Å². The fraction of sp³-hybridized carbons (Fsp3) is 0.381. The number of amides is 3.